The lowest BCUT2D eigenvalue weighted by molar-refractivity contribution is -0.533. The first-order valence-corrected chi connectivity index (χ1v) is 12.7. The van der Waals surface area contributed by atoms with Crippen LogP contribution in [0.5, 0.6) is 0 Å². The van der Waals surface area contributed by atoms with Gasteiger partial charge in [0.25, 0.3) is 0 Å². The van der Waals surface area contributed by atoms with Crippen LogP contribution in [0.15, 0.2) is 0 Å². The number of rotatable bonds is 14. The van der Waals surface area contributed by atoms with Crippen molar-refractivity contribution in [3.63, 3.8) is 0 Å². The summed E-state index contributed by atoms with van der Waals surface area (Å²) in [6, 6.07) is 0. The van der Waals surface area contributed by atoms with Gasteiger partial charge < -0.3 is 4.74 Å². The van der Waals surface area contributed by atoms with Gasteiger partial charge in [0.2, 0.25) is 0 Å². The summed E-state index contributed by atoms with van der Waals surface area (Å²) in [5.41, 5.74) is -3.30. The van der Waals surface area contributed by atoms with Crippen LogP contribution in [0.2, 0.25) is 0 Å². The summed E-state index contributed by atoms with van der Waals surface area (Å²) in [6.07, 6.45) is 0.644. The zero-order chi connectivity index (χ0) is 29.3. The number of hydrogen-bond acceptors (Lipinski definition) is 11. The molecular weight excluding hydrogens is 488 g/mol. The molecule has 0 aliphatic carbocycles. The van der Waals surface area contributed by atoms with Crippen LogP contribution < -0.4 is 0 Å². The Balaban J connectivity index is 6.33. The van der Waals surface area contributed by atoms with E-state index in [1.165, 1.54) is 0 Å². The molecule has 0 atom stereocenters. The van der Waals surface area contributed by atoms with Crippen molar-refractivity contribution in [1.82, 2.24) is 0 Å². The molecule has 0 aromatic rings. The average Bonchev–Trinajstić information content (AvgIpc) is 2.69. The van der Waals surface area contributed by atoms with Crippen LogP contribution in [0, 0.1) is 0 Å². The third-order valence-corrected chi connectivity index (χ3v) is 3.67. The first-order chi connectivity index (χ1) is 16.5. The molecule has 0 bridgehead atoms. The van der Waals surface area contributed by atoms with Crippen LogP contribution in [0.4, 0.5) is 0 Å². The number of hydrogen-bond donors (Lipinski definition) is 0. The minimum absolute atomic E-state index is 0.0647. The molecule has 0 radical (unpaired) electrons. The van der Waals surface area contributed by atoms with E-state index in [-0.39, 0.29) is 12.8 Å². The Hall–Kier alpha value is -1.18. The molecule has 0 unspecified atom stereocenters. The van der Waals surface area contributed by atoms with Crippen molar-refractivity contribution < 1.29 is 53.4 Å². The van der Waals surface area contributed by atoms with Crippen molar-refractivity contribution in [2.45, 2.75) is 157 Å². The van der Waals surface area contributed by atoms with Crippen LogP contribution in [-0.2, 0) is 53.4 Å². The third-order valence-electron chi connectivity index (χ3n) is 3.67. The van der Waals surface area contributed by atoms with Gasteiger partial charge >= 0.3 is 23.5 Å². The summed E-state index contributed by atoms with van der Waals surface area (Å²) in [7, 11) is 0. The fourth-order valence-electron chi connectivity index (χ4n) is 2.20. The molecule has 0 aliphatic heterocycles. The summed E-state index contributed by atoms with van der Waals surface area (Å²) < 4.78 is 5.25. The first-order valence-electron chi connectivity index (χ1n) is 12.7. The lowest BCUT2D eigenvalue weighted by Crippen LogP contribution is -2.53. The molecule has 0 rings (SSSR count). The SMILES string of the molecule is CCCC(OOC(C)(C)C)(OOC(C)(C)C)C(=O)OC(=O)C(CCC)(OOC(C)(C)C)OOC(C)(C)C. The molecule has 0 N–H and O–H groups in total. The van der Waals surface area contributed by atoms with Crippen LogP contribution in [-0.4, -0.2) is 45.9 Å². The molecule has 0 aliphatic rings. The fraction of sp³-hybridized carbons (Fsp3) is 0.923. The topological polar surface area (TPSA) is 117 Å². The van der Waals surface area contributed by atoms with Gasteiger partial charge in [-0.05, 0) is 83.1 Å². The normalized spacial score (nSPS) is 14.1. The molecule has 11 nitrogen and oxygen atoms in total. The highest BCUT2D eigenvalue weighted by Gasteiger charge is 2.54. The minimum atomic E-state index is -2.24. The van der Waals surface area contributed by atoms with E-state index in [1.54, 1.807) is 96.9 Å². The zero-order valence-electron chi connectivity index (χ0n) is 25.3. The maximum Gasteiger partial charge on any atom is 0.380 e. The average molecular weight is 539 g/mol. The van der Waals surface area contributed by atoms with Gasteiger partial charge in [-0.15, -0.1) is 0 Å². The largest absolute Gasteiger partial charge is 0.385 e. The molecule has 0 aromatic heterocycles. The third kappa shape index (κ3) is 14.5. The highest BCUT2D eigenvalue weighted by molar-refractivity contribution is 5.92. The van der Waals surface area contributed by atoms with Crippen molar-refractivity contribution >= 4 is 11.9 Å². The van der Waals surface area contributed by atoms with E-state index in [1.807, 2.05) is 0 Å². The van der Waals surface area contributed by atoms with Gasteiger partial charge in [0.1, 0.15) is 0 Å². The number of carbonyl (C=O) groups is 2. The number of carbonyl (C=O) groups excluding carboxylic acids is 2. The minimum Gasteiger partial charge on any atom is -0.385 e. The molecule has 0 aromatic carbocycles. The van der Waals surface area contributed by atoms with Crippen LogP contribution >= 0.6 is 0 Å². The van der Waals surface area contributed by atoms with Crippen molar-refractivity contribution in [3.05, 3.63) is 0 Å². The lowest BCUT2D eigenvalue weighted by atomic mass is 10.1. The molecule has 0 amide bonds. The predicted molar refractivity (Wildman–Crippen MR) is 134 cm³/mol. The van der Waals surface area contributed by atoms with Gasteiger partial charge in [0.15, 0.2) is 0 Å². The second kappa shape index (κ2) is 13.7. The quantitative estimate of drug-likeness (QED) is 0.0847. The summed E-state index contributed by atoms with van der Waals surface area (Å²) in [5, 5.41) is 0. The van der Waals surface area contributed by atoms with Crippen molar-refractivity contribution in [2.75, 3.05) is 0 Å². The van der Waals surface area contributed by atoms with E-state index < -0.39 is 45.9 Å². The molecule has 11 heteroatoms. The first kappa shape index (κ1) is 35.8. The second-order valence-electron chi connectivity index (χ2n) is 12.8. The van der Waals surface area contributed by atoms with Gasteiger partial charge in [0.05, 0.1) is 22.4 Å². The van der Waals surface area contributed by atoms with E-state index in [2.05, 4.69) is 0 Å². The van der Waals surface area contributed by atoms with Crippen LogP contribution in [0.1, 0.15) is 123 Å². The smallest absolute Gasteiger partial charge is 0.380 e. The summed E-state index contributed by atoms with van der Waals surface area (Å²) in [6.45, 7) is 24.1. The second-order valence-corrected chi connectivity index (χ2v) is 12.8. The summed E-state index contributed by atoms with van der Waals surface area (Å²) in [5.74, 6) is -6.93. The van der Waals surface area contributed by atoms with E-state index >= 15 is 0 Å². The maximum atomic E-state index is 13.5. The van der Waals surface area contributed by atoms with Crippen LogP contribution in [0.25, 0.3) is 0 Å². The molecule has 0 heterocycles. The van der Waals surface area contributed by atoms with E-state index in [4.69, 9.17) is 43.8 Å². The van der Waals surface area contributed by atoms with Crippen LogP contribution in [0.3, 0.4) is 0 Å². The lowest BCUT2D eigenvalue weighted by Gasteiger charge is -2.35. The van der Waals surface area contributed by atoms with Crippen molar-refractivity contribution in [2.24, 2.45) is 0 Å². The van der Waals surface area contributed by atoms with Gasteiger partial charge in [-0.25, -0.2) is 29.1 Å². The standard InChI is InChI=1S/C26H50O11/c1-15-17-25(34-30-21(3,4)5,35-31-22(6,7)8)19(27)29-20(28)26(18-16-2,36-32-23(9,10)11)37-33-24(12,13)14/h15-18H2,1-14H3. The molecule has 220 valence electrons. The van der Waals surface area contributed by atoms with Gasteiger partial charge in [0, 0.05) is 12.8 Å². The van der Waals surface area contributed by atoms with Crippen molar-refractivity contribution in [3.8, 4) is 0 Å². The summed E-state index contributed by atoms with van der Waals surface area (Å²) in [4.78, 5) is 70.5. The zero-order valence-corrected chi connectivity index (χ0v) is 25.3. The Kier molecular flexibility index (Phi) is 13.3. The maximum absolute atomic E-state index is 13.5. The molecule has 37 heavy (non-hydrogen) atoms. The Bertz CT molecular complexity index is 610. The Morgan fingerprint density at radius 2 is 0.649 bits per heavy atom. The molecule has 0 spiro atoms. The molecule has 0 saturated heterocycles. The molecule has 0 fully saturated rings. The highest BCUT2D eigenvalue weighted by atomic mass is 17.3. The Morgan fingerprint density at radius 1 is 0.432 bits per heavy atom. The van der Waals surface area contributed by atoms with Gasteiger partial charge in [-0.2, -0.15) is 19.6 Å². The van der Waals surface area contributed by atoms with Gasteiger partial charge in [-0.3, -0.25) is 0 Å². The predicted octanol–water partition coefficient (Wildman–Crippen LogP) is 6.04. The van der Waals surface area contributed by atoms with E-state index in [0.717, 1.165) is 0 Å². The van der Waals surface area contributed by atoms with Gasteiger partial charge in [-0.1, -0.05) is 26.7 Å². The number of ether oxygens (including phenoxy) is 1. The number of esters is 2. The Labute approximate surface area is 222 Å². The highest BCUT2D eigenvalue weighted by Crippen LogP contribution is 2.32. The monoisotopic (exact) mass is 538 g/mol. The Morgan fingerprint density at radius 3 is 0.811 bits per heavy atom. The van der Waals surface area contributed by atoms with E-state index in [9.17, 15) is 9.59 Å². The summed E-state index contributed by atoms with van der Waals surface area (Å²) >= 11 is 0. The van der Waals surface area contributed by atoms with Crippen molar-refractivity contribution in [1.29, 1.82) is 0 Å². The van der Waals surface area contributed by atoms with E-state index in [0.29, 0.717) is 12.8 Å². The molecule has 0 saturated carbocycles. The molecular formula is C26H50O11. The fourth-order valence-corrected chi connectivity index (χ4v) is 2.20.